The first-order chi connectivity index (χ1) is 8.41. The quantitative estimate of drug-likeness (QED) is 0.834. The van der Waals surface area contributed by atoms with Gasteiger partial charge in [-0.1, -0.05) is 13.8 Å². The number of carbonyl (C=O) groups is 2. The lowest BCUT2D eigenvalue weighted by atomic mass is 10.1. The molecule has 0 fully saturated rings. The molecule has 1 aromatic rings. The van der Waals surface area contributed by atoms with E-state index in [1.54, 1.807) is 33.0 Å². The van der Waals surface area contributed by atoms with Crippen LogP contribution in [0.1, 0.15) is 19.6 Å². The fourth-order valence-corrected chi connectivity index (χ4v) is 1.46. The summed E-state index contributed by atoms with van der Waals surface area (Å²) in [5.41, 5.74) is 0. The Morgan fingerprint density at radius 2 is 2.17 bits per heavy atom. The van der Waals surface area contributed by atoms with Crippen LogP contribution in [0.4, 0.5) is 4.79 Å². The second kappa shape index (κ2) is 6.09. The van der Waals surface area contributed by atoms with E-state index in [2.05, 4.69) is 5.32 Å². The minimum atomic E-state index is -1.04. The zero-order chi connectivity index (χ0) is 13.7. The Morgan fingerprint density at radius 1 is 1.50 bits per heavy atom. The smallest absolute Gasteiger partial charge is 0.326 e. The molecule has 0 aliphatic heterocycles. The Hall–Kier alpha value is -1.98. The Morgan fingerprint density at radius 3 is 2.61 bits per heavy atom. The van der Waals surface area contributed by atoms with E-state index < -0.39 is 18.0 Å². The number of hydrogen-bond donors (Lipinski definition) is 2. The highest BCUT2D eigenvalue weighted by Gasteiger charge is 2.24. The van der Waals surface area contributed by atoms with Crippen molar-refractivity contribution in [1.29, 1.82) is 0 Å². The van der Waals surface area contributed by atoms with Gasteiger partial charge in [0.15, 0.2) is 0 Å². The lowest BCUT2D eigenvalue weighted by Crippen LogP contribution is -2.48. The van der Waals surface area contributed by atoms with Gasteiger partial charge in [-0.2, -0.15) is 0 Å². The molecule has 0 saturated carbocycles. The van der Waals surface area contributed by atoms with Crippen LogP contribution in [-0.4, -0.2) is 35.1 Å². The van der Waals surface area contributed by atoms with Gasteiger partial charge in [0.2, 0.25) is 0 Å². The fourth-order valence-electron chi connectivity index (χ4n) is 1.46. The van der Waals surface area contributed by atoms with Gasteiger partial charge in [-0.3, -0.25) is 0 Å². The second-order valence-corrected chi connectivity index (χ2v) is 4.44. The maximum Gasteiger partial charge on any atom is 0.326 e. The minimum absolute atomic E-state index is 0.177. The third-order valence-electron chi connectivity index (χ3n) is 2.53. The molecule has 0 aliphatic carbocycles. The van der Waals surface area contributed by atoms with Crippen molar-refractivity contribution < 1.29 is 19.1 Å². The molecule has 1 aromatic heterocycles. The van der Waals surface area contributed by atoms with Crippen molar-refractivity contribution in [2.45, 2.75) is 26.4 Å². The van der Waals surface area contributed by atoms with E-state index in [0.29, 0.717) is 12.3 Å². The minimum Gasteiger partial charge on any atom is -0.480 e. The average Bonchev–Trinajstić information content (AvgIpc) is 2.77. The molecule has 0 aromatic carbocycles. The number of carbonyl (C=O) groups excluding carboxylic acids is 1. The summed E-state index contributed by atoms with van der Waals surface area (Å²) in [6.07, 6.45) is 1.52. The molecule has 100 valence electrons. The summed E-state index contributed by atoms with van der Waals surface area (Å²) in [5, 5.41) is 11.5. The zero-order valence-corrected chi connectivity index (χ0v) is 10.7. The lowest BCUT2D eigenvalue weighted by Gasteiger charge is -2.22. The molecule has 2 N–H and O–H groups in total. The molecule has 1 rings (SSSR count). The molecule has 0 aliphatic rings. The zero-order valence-electron chi connectivity index (χ0n) is 10.7. The van der Waals surface area contributed by atoms with E-state index in [4.69, 9.17) is 9.52 Å². The van der Waals surface area contributed by atoms with Gasteiger partial charge < -0.3 is 19.7 Å². The van der Waals surface area contributed by atoms with Crippen molar-refractivity contribution in [1.82, 2.24) is 10.2 Å². The summed E-state index contributed by atoms with van der Waals surface area (Å²) in [6.45, 7) is 3.78. The van der Waals surface area contributed by atoms with E-state index in [1.807, 2.05) is 0 Å². The topological polar surface area (TPSA) is 82.8 Å². The predicted octanol–water partition coefficient (Wildman–Crippen LogP) is 1.53. The molecule has 0 saturated heterocycles. The molecular weight excluding hydrogens is 236 g/mol. The Balaban J connectivity index is 2.56. The van der Waals surface area contributed by atoms with Gasteiger partial charge in [-0.15, -0.1) is 0 Å². The maximum atomic E-state index is 11.8. The standard InChI is InChI=1S/C12H18N2O4/c1-8(2)10(11(15)16)13-12(17)14(3)7-9-5-4-6-18-9/h4-6,8,10H,7H2,1-3H3,(H,13,17)(H,15,16). The number of hydrogen-bond acceptors (Lipinski definition) is 3. The molecule has 6 nitrogen and oxygen atoms in total. The Labute approximate surface area is 106 Å². The summed E-state index contributed by atoms with van der Waals surface area (Å²) in [6, 6.07) is 2.15. The van der Waals surface area contributed by atoms with Gasteiger partial charge in [-0.25, -0.2) is 9.59 Å². The number of rotatable bonds is 5. The van der Waals surface area contributed by atoms with E-state index in [9.17, 15) is 9.59 Å². The van der Waals surface area contributed by atoms with Crippen LogP contribution in [0.2, 0.25) is 0 Å². The molecule has 18 heavy (non-hydrogen) atoms. The van der Waals surface area contributed by atoms with Crippen LogP contribution in [0.5, 0.6) is 0 Å². The summed E-state index contributed by atoms with van der Waals surface area (Å²) < 4.78 is 5.12. The molecule has 0 bridgehead atoms. The van der Waals surface area contributed by atoms with Gasteiger partial charge in [0.05, 0.1) is 12.8 Å². The summed E-state index contributed by atoms with van der Waals surface area (Å²) in [5.74, 6) is -0.572. The lowest BCUT2D eigenvalue weighted by molar-refractivity contribution is -0.140. The van der Waals surface area contributed by atoms with E-state index in [0.717, 1.165) is 0 Å². The summed E-state index contributed by atoms with van der Waals surface area (Å²) in [4.78, 5) is 24.1. The first-order valence-corrected chi connectivity index (χ1v) is 5.68. The Kier molecular flexibility index (Phi) is 4.76. The van der Waals surface area contributed by atoms with Gasteiger partial charge in [0.1, 0.15) is 11.8 Å². The summed E-state index contributed by atoms with van der Waals surface area (Å²) in [7, 11) is 1.58. The van der Waals surface area contributed by atoms with Crippen molar-refractivity contribution in [2.24, 2.45) is 5.92 Å². The van der Waals surface area contributed by atoms with Crippen molar-refractivity contribution >= 4 is 12.0 Å². The number of aliphatic carboxylic acids is 1. The molecule has 1 unspecified atom stereocenters. The van der Waals surface area contributed by atoms with Crippen molar-refractivity contribution in [3.05, 3.63) is 24.2 Å². The predicted molar refractivity (Wildman–Crippen MR) is 65.0 cm³/mol. The number of urea groups is 1. The first kappa shape index (κ1) is 14.1. The number of amides is 2. The van der Waals surface area contributed by atoms with E-state index in [-0.39, 0.29) is 5.92 Å². The number of furan rings is 1. The van der Waals surface area contributed by atoms with Crippen molar-refractivity contribution in [3.63, 3.8) is 0 Å². The molecule has 0 radical (unpaired) electrons. The monoisotopic (exact) mass is 254 g/mol. The number of nitrogens with one attached hydrogen (secondary N) is 1. The van der Waals surface area contributed by atoms with Gasteiger partial charge in [0.25, 0.3) is 0 Å². The largest absolute Gasteiger partial charge is 0.480 e. The number of carboxylic acid groups (broad SMARTS) is 1. The number of carboxylic acids is 1. The Bertz CT molecular complexity index is 400. The maximum absolute atomic E-state index is 11.8. The van der Waals surface area contributed by atoms with Crippen LogP contribution in [0.15, 0.2) is 22.8 Å². The average molecular weight is 254 g/mol. The third kappa shape index (κ3) is 3.80. The van der Waals surface area contributed by atoms with Crippen LogP contribution in [0.25, 0.3) is 0 Å². The summed E-state index contributed by atoms with van der Waals surface area (Å²) >= 11 is 0. The highest BCUT2D eigenvalue weighted by atomic mass is 16.4. The van der Waals surface area contributed by atoms with E-state index in [1.165, 1.54) is 11.2 Å². The highest BCUT2D eigenvalue weighted by molar-refractivity contribution is 5.82. The van der Waals surface area contributed by atoms with Crippen LogP contribution in [-0.2, 0) is 11.3 Å². The molecule has 1 atom stereocenters. The van der Waals surface area contributed by atoms with Crippen molar-refractivity contribution in [2.75, 3.05) is 7.05 Å². The third-order valence-corrected chi connectivity index (χ3v) is 2.53. The van der Waals surface area contributed by atoms with Crippen LogP contribution >= 0.6 is 0 Å². The van der Waals surface area contributed by atoms with Gasteiger partial charge in [0, 0.05) is 7.05 Å². The van der Waals surface area contributed by atoms with Crippen LogP contribution in [0.3, 0.4) is 0 Å². The molecular formula is C12H18N2O4. The van der Waals surface area contributed by atoms with Crippen molar-refractivity contribution in [3.8, 4) is 0 Å². The number of nitrogens with zero attached hydrogens (tertiary/aromatic N) is 1. The molecule has 0 spiro atoms. The fraction of sp³-hybridized carbons (Fsp3) is 0.500. The normalized spacial score (nSPS) is 12.2. The second-order valence-electron chi connectivity index (χ2n) is 4.44. The van der Waals surface area contributed by atoms with Gasteiger partial charge >= 0.3 is 12.0 Å². The van der Waals surface area contributed by atoms with Gasteiger partial charge in [-0.05, 0) is 18.1 Å². The highest BCUT2D eigenvalue weighted by Crippen LogP contribution is 2.06. The van der Waals surface area contributed by atoms with Crippen LogP contribution in [0, 0.1) is 5.92 Å². The SMILES string of the molecule is CC(C)C(NC(=O)N(C)Cc1ccco1)C(=O)O. The first-order valence-electron chi connectivity index (χ1n) is 5.68. The molecule has 1 heterocycles. The molecule has 6 heteroatoms. The molecule has 2 amide bonds. The van der Waals surface area contributed by atoms with E-state index >= 15 is 0 Å². The van der Waals surface area contributed by atoms with Crippen LogP contribution < -0.4 is 5.32 Å².